The number of nitrogens with one attached hydrogen (secondary N) is 1. The van der Waals surface area contributed by atoms with Gasteiger partial charge in [0.1, 0.15) is 0 Å². The van der Waals surface area contributed by atoms with Crippen molar-refractivity contribution in [2.45, 2.75) is 30.1 Å². The smallest absolute Gasteiger partial charge is 0.337 e. The molecule has 4 heterocycles. The van der Waals surface area contributed by atoms with Crippen molar-refractivity contribution in [3.05, 3.63) is 106 Å². The van der Waals surface area contributed by atoms with Crippen LogP contribution >= 0.6 is 11.8 Å². The molecule has 1 aliphatic heterocycles. The molecule has 0 saturated heterocycles. The second-order valence-electron chi connectivity index (χ2n) is 8.87. The molecule has 0 bridgehead atoms. The summed E-state index contributed by atoms with van der Waals surface area (Å²) in [5, 5.41) is 0.586. The maximum Gasteiger partial charge on any atom is 0.416 e. The Labute approximate surface area is 219 Å². The highest BCUT2D eigenvalue weighted by Gasteiger charge is 2.31. The highest BCUT2D eigenvalue weighted by Crippen LogP contribution is 2.32. The molecular formula is C27H21F3N6OS. The van der Waals surface area contributed by atoms with E-state index in [0.717, 1.165) is 23.5 Å². The van der Waals surface area contributed by atoms with E-state index in [1.807, 2.05) is 53.4 Å². The Morgan fingerprint density at radius 1 is 1.00 bits per heavy atom. The summed E-state index contributed by atoms with van der Waals surface area (Å²) in [5.74, 6) is 0.980. The fourth-order valence-electron chi connectivity index (χ4n) is 4.48. The molecule has 1 N–H and O–H groups in total. The number of anilines is 1. The SMILES string of the molecule is O=c1c2c(nc(SCc3ccccn3)n1-c1ccccc1)CCN(c1nc3ccc(C(F)(F)F)cc3[nH]1)C2. The van der Waals surface area contributed by atoms with Crippen molar-refractivity contribution < 1.29 is 13.2 Å². The number of nitrogens with zero attached hydrogens (tertiary/aromatic N) is 5. The van der Waals surface area contributed by atoms with Gasteiger partial charge in [-0.2, -0.15) is 13.2 Å². The third-order valence-corrected chi connectivity index (χ3v) is 7.36. The molecule has 38 heavy (non-hydrogen) atoms. The summed E-state index contributed by atoms with van der Waals surface area (Å²) in [4.78, 5) is 32.5. The Balaban J connectivity index is 1.36. The van der Waals surface area contributed by atoms with Crippen molar-refractivity contribution in [2.75, 3.05) is 11.4 Å². The number of thioether (sulfide) groups is 1. The lowest BCUT2D eigenvalue weighted by molar-refractivity contribution is -0.137. The summed E-state index contributed by atoms with van der Waals surface area (Å²) in [6.45, 7) is 0.760. The molecule has 0 atom stereocenters. The second kappa shape index (κ2) is 9.64. The Morgan fingerprint density at radius 3 is 2.58 bits per heavy atom. The molecule has 0 fully saturated rings. The van der Waals surface area contributed by atoms with Crippen LogP contribution in [0.2, 0.25) is 0 Å². The van der Waals surface area contributed by atoms with Crippen LogP contribution < -0.4 is 10.5 Å². The normalized spacial score (nSPS) is 13.6. The first kappa shape index (κ1) is 24.2. The van der Waals surface area contributed by atoms with Gasteiger partial charge in [-0.05, 0) is 42.5 Å². The van der Waals surface area contributed by atoms with E-state index >= 15 is 0 Å². The number of benzene rings is 2. The largest absolute Gasteiger partial charge is 0.416 e. The number of pyridine rings is 1. The first-order chi connectivity index (χ1) is 18.4. The molecular weight excluding hydrogens is 513 g/mol. The van der Waals surface area contributed by atoms with Crippen LogP contribution in [0.5, 0.6) is 0 Å². The molecule has 2 aromatic carbocycles. The lowest BCUT2D eigenvalue weighted by atomic mass is 10.1. The third-order valence-electron chi connectivity index (χ3n) is 6.38. The predicted octanol–water partition coefficient (Wildman–Crippen LogP) is 5.38. The van der Waals surface area contributed by atoms with E-state index in [9.17, 15) is 18.0 Å². The number of fused-ring (bicyclic) bond motifs is 2. The quantitative estimate of drug-likeness (QED) is 0.241. The molecule has 5 aromatic rings. The number of para-hydroxylation sites is 1. The van der Waals surface area contributed by atoms with Crippen molar-refractivity contribution in [3.63, 3.8) is 0 Å². The zero-order valence-corrected chi connectivity index (χ0v) is 20.8. The molecule has 6 rings (SSSR count). The Bertz CT molecular complexity index is 1670. The number of imidazole rings is 1. The van der Waals surface area contributed by atoms with Crippen molar-refractivity contribution in [3.8, 4) is 5.69 Å². The number of rotatable bonds is 5. The number of aromatic amines is 1. The predicted molar refractivity (Wildman–Crippen MR) is 139 cm³/mol. The minimum absolute atomic E-state index is 0.176. The van der Waals surface area contributed by atoms with Crippen molar-refractivity contribution in [2.24, 2.45) is 0 Å². The number of aromatic nitrogens is 5. The minimum atomic E-state index is -4.44. The molecule has 0 radical (unpaired) electrons. The molecule has 3 aromatic heterocycles. The van der Waals surface area contributed by atoms with Crippen LogP contribution in [0.25, 0.3) is 16.7 Å². The van der Waals surface area contributed by atoms with Gasteiger partial charge < -0.3 is 9.88 Å². The molecule has 7 nitrogen and oxygen atoms in total. The van der Waals surface area contributed by atoms with Gasteiger partial charge in [-0.25, -0.2) is 9.97 Å². The fraction of sp³-hybridized carbons (Fsp3) is 0.185. The van der Waals surface area contributed by atoms with Crippen LogP contribution in [0.4, 0.5) is 19.1 Å². The van der Waals surface area contributed by atoms with Gasteiger partial charge in [-0.3, -0.25) is 14.3 Å². The Kier molecular flexibility index (Phi) is 6.15. The van der Waals surface area contributed by atoms with Crippen LogP contribution in [0, 0.1) is 0 Å². The van der Waals surface area contributed by atoms with Gasteiger partial charge in [-0.1, -0.05) is 36.0 Å². The lowest BCUT2D eigenvalue weighted by Crippen LogP contribution is -2.38. The third kappa shape index (κ3) is 4.65. The van der Waals surface area contributed by atoms with Gasteiger partial charge >= 0.3 is 6.18 Å². The topological polar surface area (TPSA) is 79.7 Å². The van der Waals surface area contributed by atoms with Crippen LogP contribution in [0.3, 0.4) is 0 Å². The summed E-state index contributed by atoms with van der Waals surface area (Å²) in [6.07, 6.45) is -2.21. The van der Waals surface area contributed by atoms with Gasteiger partial charge in [0.25, 0.3) is 5.56 Å². The van der Waals surface area contributed by atoms with E-state index in [0.29, 0.717) is 52.1 Å². The van der Waals surface area contributed by atoms with Gasteiger partial charge in [-0.15, -0.1) is 0 Å². The second-order valence-corrected chi connectivity index (χ2v) is 9.81. The van der Waals surface area contributed by atoms with E-state index in [4.69, 9.17) is 4.98 Å². The molecule has 0 unspecified atom stereocenters. The summed E-state index contributed by atoms with van der Waals surface area (Å²) >= 11 is 1.45. The standard InChI is InChI=1S/C27H21F3N6OS/c28-27(29,30)17-9-10-22-23(14-17)33-25(32-22)35-13-11-21-20(15-35)24(37)36(19-7-2-1-3-8-19)26(34-21)38-16-18-6-4-5-12-31-18/h1-10,12,14H,11,13,15-16H2,(H,32,33). The summed E-state index contributed by atoms with van der Waals surface area (Å²) < 4.78 is 41.1. The average Bonchev–Trinajstić information content (AvgIpc) is 3.36. The van der Waals surface area contributed by atoms with Crippen LogP contribution in [-0.4, -0.2) is 31.0 Å². The van der Waals surface area contributed by atoms with E-state index in [2.05, 4.69) is 15.0 Å². The number of hydrogen-bond acceptors (Lipinski definition) is 6. The van der Waals surface area contributed by atoms with E-state index in [1.165, 1.54) is 17.8 Å². The maximum atomic E-state index is 13.9. The zero-order chi connectivity index (χ0) is 26.3. The molecule has 0 aliphatic carbocycles. The Morgan fingerprint density at radius 2 is 1.82 bits per heavy atom. The van der Waals surface area contributed by atoms with Crippen LogP contribution in [0.15, 0.2) is 82.9 Å². The maximum absolute atomic E-state index is 13.9. The molecule has 0 spiro atoms. The summed E-state index contributed by atoms with van der Waals surface area (Å²) in [6, 6.07) is 18.5. The number of alkyl halides is 3. The van der Waals surface area contributed by atoms with Crippen molar-refractivity contribution >= 4 is 28.7 Å². The van der Waals surface area contributed by atoms with Gasteiger partial charge in [0.2, 0.25) is 5.95 Å². The van der Waals surface area contributed by atoms with Crippen LogP contribution in [0.1, 0.15) is 22.5 Å². The molecule has 0 saturated carbocycles. The summed E-state index contributed by atoms with van der Waals surface area (Å²) in [7, 11) is 0. The monoisotopic (exact) mass is 534 g/mol. The fourth-order valence-corrected chi connectivity index (χ4v) is 5.42. The summed E-state index contributed by atoms with van der Waals surface area (Å²) in [5.41, 5.74) is 2.66. The molecule has 11 heteroatoms. The average molecular weight is 535 g/mol. The number of halogens is 3. The van der Waals surface area contributed by atoms with Crippen molar-refractivity contribution in [1.29, 1.82) is 0 Å². The van der Waals surface area contributed by atoms with Gasteiger partial charge in [0.15, 0.2) is 5.16 Å². The zero-order valence-electron chi connectivity index (χ0n) is 19.9. The number of H-pyrrole nitrogens is 1. The van der Waals surface area contributed by atoms with E-state index < -0.39 is 11.7 Å². The lowest BCUT2D eigenvalue weighted by Gasteiger charge is -2.28. The van der Waals surface area contributed by atoms with E-state index in [-0.39, 0.29) is 12.1 Å². The molecule has 0 amide bonds. The van der Waals surface area contributed by atoms with Gasteiger partial charge in [0, 0.05) is 24.9 Å². The number of hydrogen-bond donors (Lipinski definition) is 1. The highest BCUT2D eigenvalue weighted by molar-refractivity contribution is 7.98. The molecule has 192 valence electrons. The first-order valence-corrected chi connectivity index (χ1v) is 12.9. The van der Waals surface area contributed by atoms with Crippen molar-refractivity contribution in [1.82, 2.24) is 24.5 Å². The first-order valence-electron chi connectivity index (χ1n) is 11.9. The highest BCUT2D eigenvalue weighted by atomic mass is 32.2. The minimum Gasteiger partial charge on any atom is -0.337 e. The van der Waals surface area contributed by atoms with E-state index in [1.54, 1.807) is 10.8 Å². The van der Waals surface area contributed by atoms with Crippen LogP contribution in [-0.2, 0) is 24.9 Å². The molecule has 1 aliphatic rings. The Hall–Kier alpha value is -4.12. The van der Waals surface area contributed by atoms with Gasteiger partial charge in [0.05, 0.1) is 45.8 Å².